The Kier molecular flexibility index (Phi) is 4.06. The fourth-order valence-electron chi connectivity index (χ4n) is 2.47. The number of rotatable bonds is 4. The predicted molar refractivity (Wildman–Crippen MR) is 89.1 cm³/mol. The fourth-order valence-corrected chi connectivity index (χ4v) is 2.47. The van der Waals surface area contributed by atoms with Crippen LogP contribution in [0.3, 0.4) is 0 Å². The lowest BCUT2D eigenvalue weighted by molar-refractivity contribution is -0.117. The molecule has 1 atom stereocenters. The molecule has 114 valence electrons. The molecule has 1 N–H and O–H groups in total. The average Bonchev–Trinajstić information content (AvgIpc) is 2.60. The van der Waals surface area contributed by atoms with Crippen molar-refractivity contribution < 1.29 is 9.21 Å². The number of amides is 1. The van der Waals surface area contributed by atoms with E-state index in [9.17, 15) is 9.59 Å². The molecule has 0 radical (unpaired) electrons. The van der Waals surface area contributed by atoms with E-state index in [1.165, 1.54) is 6.08 Å². The van der Waals surface area contributed by atoms with Crippen LogP contribution in [0.5, 0.6) is 0 Å². The van der Waals surface area contributed by atoms with E-state index in [1.54, 1.807) is 18.2 Å². The lowest BCUT2D eigenvalue weighted by Crippen LogP contribution is -2.31. The Labute approximate surface area is 133 Å². The van der Waals surface area contributed by atoms with E-state index in [2.05, 4.69) is 11.9 Å². The Morgan fingerprint density at radius 1 is 1.09 bits per heavy atom. The van der Waals surface area contributed by atoms with Crippen molar-refractivity contribution in [3.63, 3.8) is 0 Å². The molecule has 0 fully saturated rings. The molecular formula is C19H15NO3. The van der Waals surface area contributed by atoms with E-state index in [1.807, 2.05) is 42.5 Å². The van der Waals surface area contributed by atoms with Crippen LogP contribution in [0.25, 0.3) is 11.0 Å². The molecule has 0 spiro atoms. The molecule has 1 heterocycles. The van der Waals surface area contributed by atoms with Crippen molar-refractivity contribution in [2.24, 2.45) is 0 Å². The normalized spacial score (nSPS) is 11.8. The van der Waals surface area contributed by atoms with Gasteiger partial charge in [-0.2, -0.15) is 0 Å². The third kappa shape index (κ3) is 3.06. The molecule has 0 saturated heterocycles. The van der Waals surface area contributed by atoms with Crippen LogP contribution in [0.2, 0.25) is 0 Å². The van der Waals surface area contributed by atoms with Gasteiger partial charge in [-0.15, -0.1) is 0 Å². The van der Waals surface area contributed by atoms with Crippen LogP contribution >= 0.6 is 0 Å². The maximum absolute atomic E-state index is 12.4. The summed E-state index contributed by atoms with van der Waals surface area (Å²) >= 11 is 0. The van der Waals surface area contributed by atoms with Crippen molar-refractivity contribution in [1.82, 2.24) is 5.32 Å². The highest BCUT2D eigenvalue weighted by Gasteiger charge is 2.20. The first kappa shape index (κ1) is 14.8. The first-order valence-corrected chi connectivity index (χ1v) is 7.19. The van der Waals surface area contributed by atoms with Crippen molar-refractivity contribution in [3.05, 3.63) is 94.9 Å². The molecule has 0 bridgehead atoms. The van der Waals surface area contributed by atoms with Crippen LogP contribution in [-0.4, -0.2) is 5.91 Å². The molecule has 0 aliphatic heterocycles. The monoisotopic (exact) mass is 305 g/mol. The molecule has 2 aromatic carbocycles. The first-order valence-electron chi connectivity index (χ1n) is 7.19. The second-order valence-corrected chi connectivity index (χ2v) is 5.08. The van der Waals surface area contributed by atoms with Crippen LogP contribution in [0.4, 0.5) is 0 Å². The van der Waals surface area contributed by atoms with Gasteiger partial charge in [0, 0.05) is 5.39 Å². The van der Waals surface area contributed by atoms with Gasteiger partial charge in [0.2, 0.25) is 5.91 Å². The zero-order chi connectivity index (χ0) is 16.2. The molecule has 3 rings (SSSR count). The summed E-state index contributed by atoms with van der Waals surface area (Å²) < 4.78 is 5.38. The van der Waals surface area contributed by atoms with E-state index in [-0.39, 0.29) is 5.91 Å². The number of benzene rings is 2. The molecule has 0 aliphatic rings. The van der Waals surface area contributed by atoms with Gasteiger partial charge >= 0.3 is 5.63 Å². The van der Waals surface area contributed by atoms with E-state index in [0.717, 1.165) is 10.9 Å². The third-order valence-corrected chi connectivity index (χ3v) is 3.58. The van der Waals surface area contributed by atoms with Crippen molar-refractivity contribution in [3.8, 4) is 0 Å². The number of hydrogen-bond acceptors (Lipinski definition) is 3. The van der Waals surface area contributed by atoms with Gasteiger partial charge in [-0.1, -0.05) is 55.1 Å². The van der Waals surface area contributed by atoms with Crippen molar-refractivity contribution in [1.29, 1.82) is 0 Å². The Balaban J connectivity index is 2.16. The first-order chi connectivity index (χ1) is 11.2. The summed E-state index contributed by atoms with van der Waals surface area (Å²) in [5.74, 6) is -0.355. The minimum absolute atomic E-state index is 0.355. The molecule has 4 nitrogen and oxygen atoms in total. The Morgan fingerprint density at radius 2 is 1.78 bits per heavy atom. The van der Waals surface area contributed by atoms with Crippen LogP contribution < -0.4 is 10.9 Å². The fraction of sp³-hybridized carbons (Fsp3) is 0.0526. The van der Waals surface area contributed by atoms with E-state index in [4.69, 9.17) is 4.42 Å². The highest BCUT2D eigenvalue weighted by Crippen LogP contribution is 2.22. The maximum atomic E-state index is 12.4. The summed E-state index contributed by atoms with van der Waals surface area (Å²) in [5.41, 5.74) is 1.22. The largest absolute Gasteiger partial charge is 0.422 e. The lowest BCUT2D eigenvalue weighted by atomic mass is 9.99. The number of fused-ring (bicyclic) bond motifs is 1. The van der Waals surface area contributed by atoms with Gasteiger partial charge in [-0.25, -0.2) is 4.79 Å². The second kappa shape index (κ2) is 6.32. The number of carbonyl (C=O) groups is 1. The van der Waals surface area contributed by atoms with Crippen molar-refractivity contribution in [2.75, 3.05) is 0 Å². The molecule has 1 unspecified atom stereocenters. The number of hydrogen-bond donors (Lipinski definition) is 1. The van der Waals surface area contributed by atoms with Gasteiger partial charge in [0.1, 0.15) is 5.58 Å². The van der Waals surface area contributed by atoms with Crippen LogP contribution in [0.15, 0.2) is 82.5 Å². The quantitative estimate of drug-likeness (QED) is 0.595. The minimum atomic E-state index is -0.595. The minimum Gasteiger partial charge on any atom is -0.422 e. The molecule has 0 aliphatic carbocycles. The Hall–Kier alpha value is -3.14. The summed E-state index contributed by atoms with van der Waals surface area (Å²) in [7, 11) is 0. The summed E-state index contributed by atoms with van der Waals surface area (Å²) in [5, 5.41) is 3.59. The molecule has 4 heteroatoms. The van der Waals surface area contributed by atoms with Gasteiger partial charge in [0.05, 0.1) is 11.6 Å². The van der Waals surface area contributed by atoms with E-state index >= 15 is 0 Å². The number of carbonyl (C=O) groups excluding carboxylic acids is 1. The summed E-state index contributed by atoms with van der Waals surface area (Å²) in [4.78, 5) is 24.2. The highest BCUT2D eigenvalue weighted by atomic mass is 16.4. The molecule has 3 aromatic rings. The Bertz CT molecular complexity index is 913. The van der Waals surface area contributed by atoms with Crippen LogP contribution in [0.1, 0.15) is 17.2 Å². The average molecular weight is 305 g/mol. The summed E-state index contributed by atoms with van der Waals surface area (Å²) in [6, 6.07) is 17.7. The molecular weight excluding hydrogens is 290 g/mol. The zero-order valence-electron chi connectivity index (χ0n) is 12.4. The molecule has 1 amide bonds. The number of para-hydroxylation sites is 1. The highest BCUT2D eigenvalue weighted by molar-refractivity contribution is 5.87. The molecule has 1 aromatic heterocycles. The van der Waals surface area contributed by atoms with E-state index in [0.29, 0.717) is 11.1 Å². The zero-order valence-corrected chi connectivity index (χ0v) is 12.4. The molecule has 0 saturated carbocycles. The maximum Gasteiger partial charge on any atom is 0.341 e. The third-order valence-electron chi connectivity index (χ3n) is 3.58. The summed E-state index contributed by atoms with van der Waals surface area (Å²) in [6.45, 7) is 3.46. The van der Waals surface area contributed by atoms with E-state index < -0.39 is 11.7 Å². The standard InChI is InChI=1S/C19H15NO3/c1-2-17(21)20-18(13-8-4-3-5-9-13)15-12-14-10-6-7-11-16(14)23-19(15)22/h2-12,18H,1H2,(H,20,21). The Morgan fingerprint density at radius 3 is 2.52 bits per heavy atom. The second-order valence-electron chi connectivity index (χ2n) is 5.08. The SMILES string of the molecule is C=CC(=O)NC(c1ccccc1)c1cc2ccccc2oc1=O. The topological polar surface area (TPSA) is 59.3 Å². The number of nitrogens with one attached hydrogen (secondary N) is 1. The predicted octanol–water partition coefficient (Wildman–Crippen LogP) is 3.18. The smallest absolute Gasteiger partial charge is 0.341 e. The lowest BCUT2D eigenvalue weighted by Gasteiger charge is -2.18. The van der Waals surface area contributed by atoms with Gasteiger partial charge < -0.3 is 9.73 Å². The van der Waals surface area contributed by atoms with Crippen molar-refractivity contribution in [2.45, 2.75) is 6.04 Å². The van der Waals surface area contributed by atoms with Crippen LogP contribution in [0, 0.1) is 0 Å². The van der Waals surface area contributed by atoms with Crippen molar-refractivity contribution >= 4 is 16.9 Å². The van der Waals surface area contributed by atoms with Gasteiger partial charge in [-0.3, -0.25) is 4.79 Å². The van der Waals surface area contributed by atoms with Gasteiger partial charge in [0.15, 0.2) is 0 Å². The summed E-state index contributed by atoms with van der Waals surface area (Å²) in [6.07, 6.45) is 1.18. The molecule has 23 heavy (non-hydrogen) atoms. The van der Waals surface area contributed by atoms with Crippen LogP contribution in [-0.2, 0) is 4.79 Å². The van der Waals surface area contributed by atoms with Gasteiger partial charge in [-0.05, 0) is 23.8 Å². The van der Waals surface area contributed by atoms with Gasteiger partial charge in [0.25, 0.3) is 0 Å².